The molecule has 0 saturated heterocycles. The Balaban J connectivity index is 1.66. The molecule has 3 aromatic carbocycles. The van der Waals surface area contributed by atoms with E-state index in [2.05, 4.69) is 21.2 Å². The number of sulfonamides is 1. The van der Waals surface area contributed by atoms with Crippen LogP contribution in [0.3, 0.4) is 0 Å². The highest BCUT2D eigenvalue weighted by molar-refractivity contribution is 9.10. The number of amides is 2. The summed E-state index contributed by atoms with van der Waals surface area (Å²) in [6.07, 6.45) is 3.90. The van der Waals surface area contributed by atoms with Gasteiger partial charge in [-0.15, -0.1) is 0 Å². The van der Waals surface area contributed by atoms with Crippen LogP contribution in [0.2, 0.25) is 0 Å². The van der Waals surface area contributed by atoms with E-state index in [-0.39, 0.29) is 29.1 Å². The SMILES string of the molecule is CC(C(=O)NC1CCCC1)N(Cc1ccc(Br)cc1)C(=O)CN(c1ccccc1)S(=O)(=O)c1ccc(F)cc1. The Morgan fingerprint density at radius 2 is 1.59 bits per heavy atom. The average molecular weight is 617 g/mol. The third kappa shape index (κ3) is 7.24. The van der Waals surface area contributed by atoms with Crippen LogP contribution in [-0.4, -0.2) is 43.8 Å². The number of hydrogen-bond donors (Lipinski definition) is 1. The molecule has 1 atom stereocenters. The van der Waals surface area contributed by atoms with Crippen LogP contribution in [0.4, 0.5) is 10.1 Å². The van der Waals surface area contributed by atoms with E-state index in [4.69, 9.17) is 0 Å². The molecule has 0 heterocycles. The number of carbonyl (C=O) groups excluding carboxylic acids is 2. The van der Waals surface area contributed by atoms with Crippen LogP contribution in [0, 0.1) is 5.82 Å². The maximum Gasteiger partial charge on any atom is 0.264 e. The van der Waals surface area contributed by atoms with Gasteiger partial charge in [0, 0.05) is 17.1 Å². The van der Waals surface area contributed by atoms with Crippen molar-refractivity contribution in [2.24, 2.45) is 0 Å². The summed E-state index contributed by atoms with van der Waals surface area (Å²) in [6, 6.07) is 19.3. The lowest BCUT2D eigenvalue weighted by molar-refractivity contribution is -0.139. The van der Waals surface area contributed by atoms with Crippen molar-refractivity contribution in [3.8, 4) is 0 Å². The second-order valence-electron chi connectivity index (χ2n) is 9.62. The van der Waals surface area contributed by atoms with Crippen LogP contribution in [0.1, 0.15) is 38.2 Å². The predicted octanol–water partition coefficient (Wildman–Crippen LogP) is 5.26. The van der Waals surface area contributed by atoms with Crippen molar-refractivity contribution in [1.29, 1.82) is 0 Å². The summed E-state index contributed by atoms with van der Waals surface area (Å²) in [6.45, 7) is 1.23. The summed E-state index contributed by atoms with van der Waals surface area (Å²) in [5.74, 6) is -1.39. The Morgan fingerprint density at radius 1 is 0.974 bits per heavy atom. The summed E-state index contributed by atoms with van der Waals surface area (Å²) >= 11 is 3.41. The monoisotopic (exact) mass is 615 g/mol. The summed E-state index contributed by atoms with van der Waals surface area (Å²) in [5, 5.41) is 3.05. The standard InChI is InChI=1S/C29H31BrFN3O4S/c1-21(29(36)32-25-7-5-6-8-25)33(19-22-11-13-23(30)14-12-22)28(35)20-34(26-9-3-2-4-10-26)39(37,38)27-17-15-24(31)16-18-27/h2-4,9-18,21,25H,5-8,19-20H2,1H3,(H,32,36). The summed E-state index contributed by atoms with van der Waals surface area (Å²) < 4.78 is 42.8. The van der Waals surface area contributed by atoms with Gasteiger partial charge in [-0.25, -0.2) is 12.8 Å². The van der Waals surface area contributed by atoms with E-state index in [1.54, 1.807) is 37.3 Å². The normalized spacial score (nSPS) is 14.5. The number of rotatable bonds is 10. The number of nitrogens with one attached hydrogen (secondary N) is 1. The molecule has 39 heavy (non-hydrogen) atoms. The fourth-order valence-corrected chi connectivity index (χ4v) is 6.30. The molecule has 1 fully saturated rings. The van der Waals surface area contributed by atoms with E-state index in [1.165, 1.54) is 17.0 Å². The second-order valence-corrected chi connectivity index (χ2v) is 12.4. The van der Waals surface area contributed by atoms with Crippen LogP contribution in [-0.2, 0) is 26.2 Å². The molecule has 1 unspecified atom stereocenters. The van der Waals surface area contributed by atoms with Crippen molar-refractivity contribution in [2.45, 2.75) is 56.1 Å². The molecule has 2 amide bonds. The molecule has 10 heteroatoms. The molecule has 3 aromatic rings. The Hall–Kier alpha value is -3.24. The Bertz CT molecular complexity index is 1380. The number of para-hydroxylation sites is 1. The molecule has 206 valence electrons. The second kappa shape index (κ2) is 12.7. The largest absolute Gasteiger partial charge is 0.352 e. The maximum absolute atomic E-state index is 13.9. The third-order valence-corrected chi connectivity index (χ3v) is 9.18. The predicted molar refractivity (Wildman–Crippen MR) is 152 cm³/mol. The van der Waals surface area contributed by atoms with Gasteiger partial charge in [0.2, 0.25) is 11.8 Å². The van der Waals surface area contributed by atoms with Gasteiger partial charge < -0.3 is 10.2 Å². The molecule has 0 spiro atoms. The molecule has 1 N–H and O–H groups in total. The van der Waals surface area contributed by atoms with Crippen molar-refractivity contribution in [3.05, 3.63) is 94.7 Å². The zero-order valence-electron chi connectivity index (χ0n) is 21.6. The number of nitrogens with zero attached hydrogens (tertiary/aromatic N) is 2. The highest BCUT2D eigenvalue weighted by Gasteiger charge is 2.33. The van der Waals surface area contributed by atoms with Crippen LogP contribution in [0.25, 0.3) is 0 Å². The lowest BCUT2D eigenvalue weighted by Gasteiger charge is -2.32. The first kappa shape index (κ1) is 28.8. The smallest absolute Gasteiger partial charge is 0.264 e. The number of hydrogen-bond acceptors (Lipinski definition) is 4. The first-order valence-corrected chi connectivity index (χ1v) is 15.1. The first-order valence-electron chi connectivity index (χ1n) is 12.8. The molecule has 0 bridgehead atoms. The highest BCUT2D eigenvalue weighted by atomic mass is 79.9. The van der Waals surface area contributed by atoms with Crippen molar-refractivity contribution in [1.82, 2.24) is 10.2 Å². The molecular formula is C29H31BrFN3O4S. The Kier molecular flexibility index (Phi) is 9.40. The zero-order chi connectivity index (χ0) is 28.0. The highest BCUT2D eigenvalue weighted by Crippen LogP contribution is 2.25. The number of halogens is 2. The van der Waals surface area contributed by atoms with Crippen LogP contribution in [0.15, 0.2) is 88.2 Å². The minimum atomic E-state index is -4.23. The van der Waals surface area contributed by atoms with Gasteiger partial charge in [-0.3, -0.25) is 13.9 Å². The number of anilines is 1. The Morgan fingerprint density at radius 3 is 2.21 bits per heavy atom. The van der Waals surface area contributed by atoms with Crippen LogP contribution < -0.4 is 9.62 Å². The van der Waals surface area contributed by atoms with E-state index in [1.807, 2.05) is 24.3 Å². The van der Waals surface area contributed by atoms with Gasteiger partial charge in [-0.2, -0.15) is 0 Å². The van der Waals surface area contributed by atoms with Gasteiger partial charge in [0.15, 0.2) is 0 Å². The Labute approximate surface area is 237 Å². The van der Waals surface area contributed by atoms with Crippen molar-refractivity contribution in [3.63, 3.8) is 0 Å². The molecule has 0 radical (unpaired) electrons. The van der Waals surface area contributed by atoms with Crippen LogP contribution >= 0.6 is 15.9 Å². The first-order chi connectivity index (χ1) is 18.6. The molecule has 0 aliphatic heterocycles. The lowest BCUT2D eigenvalue weighted by Crippen LogP contribution is -2.52. The molecule has 4 rings (SSSR count). The summed E-state index contributed by atoms with van der Waals surface area (Å²) in [5.41, 5.74) is 1.07. The maximum atomic E-state index is 13.9. The van der Waals surface area contributed by atoms with Gasteiger partial charge >= 0.3 is 0 Å². The zero-order valence-corrected chi connectivity index (χ0v) is 24.0. The van der Waals surface area contributed by atoms with Gasteiger partial charge in [0.25, 0.3) is 10.0 Å². The van der Waals surface area contributed by atoms with Gasteiger partial charge in [0.1, 0.15) is 18.4 Å². The van der Waals surface area contributed by atoms with Gasteiger partial charge in [0.05, 0.1) is 10.6 Å². The number of carbonyl (C=O) groups is 2. The molecule has 1 aliphatic rings. The lowest BCUT2D eigenvalue weighted by atomic mass is 10.1. The molecular weight excluding hydrogens is 585 g/mol. The third-order valence-electron chi connectivity index (χ3n) is 6.86. The minimum Gasteiger partial charge on any atom is -0.352 e. The minimum absolute atomic E-state index is 0.0734. The van der Waals surface area contributed by atoms with E-state index >= 15 is 0 Å². The van der Waals surface area contributed by atoms with E-state index in [0.717, 1.165) is 52.2 Å². The summed E-state index contributed by atoms with van der Waals surface area (Å²) in [4.78, 5) is 28.4. The summed E-state index contributed by atoms with van der Waals surface area (Å²) in [7, 11) is -4.23. The number of benzene rings is 3. The quantitative estimate of drug-likeness (QED) is 0.337. The van der Waals surface area contributed by atoms with Crippen LogP contribution in [0.5, 0.6) is 0 Å². The van der Waals surface area contributed by atoms with Crippen molar-refractivity contribution < 1.29 is 22.4 Å². The van der Waals surface area contributed by atoms with E-state index in [0.29, 0.717) is 0 Å². The van der Waals surface area contributed by atoms with Crippen molar-refractivity contribution >= 4 is 43.5 Å². The topological polar surface area (TPSA) is 86.8 Å². The molecule has 0 aromatic heterocycles. The molecule has 7 nitrogen and oxygen atoms in total. The fraction of sp³-hybridized carbons (Fsp3) is 0.310. The van der Waals surface area contributed by atoms with E-state index < -0.39 is 34.3 Å². The fourth-order valence-electron chi connectivity index (χ4n) is 4.62. The molecule has 1 aliphatic carbocycles. The molecule has 1 saturated carbocycles. The van der Waals surface area contributed by atoms with E-state index in [9.17, 15) is 22.4 Å². The van der Waals surface area contributed by atoms with Gasteiger partial charge in [-0.05, 0) is 73.9 Å². The average Bonchev–Trinajstić information content (AvgIpc) is 3.44. The van der Waals surface area contributed by atoms with Crippen molar-refractivity contribution in [2.75, 3.05) is 10.8 Å². The van der Waals surface area contributed by atoms with Gasteiger partial charge in [-0.1, -0.05) is 59.1 Å².